The van der Waals surface area contributed by atoms with Gasteiger partial charge in [0.1, 0.15) is 0 Å². The summed E-state index contributed by atoms with van der Waals surface area (Å²) in [6.45, 7) is 12.4. The minimum absolute atomic E-state index is 0.332. The molecule has 0 aliphatic carbocycles. The van der Waals surface area contributed by atoms with Crippen molar-refractivity contribution in [2.45, 2.75) is 53.0 Å². The van der Waals surface area contributed by atoms with Gasteiger partial charge in [-0.1, -0.05) is 27.2 Å². The van der Waals surface area contributed by atoms with Crippen molar-refractivity contribution in [2.75, 3.05) is 6.54 Å². The lowest BCUT2D eigenvalue weighted by molar-refractivity contribution is 0.339. The van der Waals surface area contributed by atoms with Crippen molar-refractivity contribution >= 4 is 0 Å². The van der Waals surface area contributed by atoms with Crippen LogP contribution in [0.5, 0.6) is 0 Å². The van der Waals surface area contributed by atoms with Crippen LogP contribution in [0, 0.1) is 5.92 Å². The Balaban J connectivity index is 3.54. The summed E-state index contributed by atoms with van der Waals surface area (Å²) in [7, 11) is 0. The van der Waals surface area contributed by atoms with Crippen molar-refractivity contribution in [2.24, 2.45) is 5.92 Å². The van der Waals surface area contributed by atoms with Gasteiger partial charge < -0.3 is 5.32 Å². The smallest absolute Gasteiger partial charge is 0.0125 e. The average molecular weight is 157 g/mol. The Kier molecular flexibility index (Phi) is 4.74. The maximum absolute atomic E-state index is 3.56. The first-order valence-electron chi connectivity index (χ1n) is 4.73. The maximum atomic E-state index is 3.56. The fraction of sp³-hybridized carbons (Fsp3) is 1.00. The van der Waals surface area contributed by atoms with Gasteiger partial charge in [-0.2, -0.15) is 0 Å². The van der Waals surface area contributed by atoms with Crippen LogP contribution in [-0.4, -0.2) is 12.1 Å². The second kappa shape index (κ2) is 4.76. The lowest BCUT2D eigenvalue weighted by atomic mass is 9.98. The minimum atomic E-state index is 0.332. The summed E-state index contributed by atoms with van der Waals surface area (Å²) in [6, 6.07) is 0. The van der Waals surface area contributed by atoms with Gasteiger partial charge in [-0.15, -0.1) is 0 Å². The number of rotatable bonds is 5. The fourth-order valence-electron chi connectivity index (χ4n) is 1.19. The van der Waals surface area contributed by atoms with Crippen LogP contribution in [0.2, 0.25) is 0 Å². The van der Waals surface area contributed by atoms with E-state index < -0.39 is 0 Å². The molecule has 11 heavy (non-hydrogen) atoms. The highest BCUT2D eigenvalue weighted by Gasteiger charge is 2.14. The molecule has 0 aliphatic rings. The first-order valence-corrected chi connectivity index (χ1v) is 4.73. The molecule has 0 rings (SSSR count). The van der Waals surface area contributed by atoms with E-state index in [0.717, 1.165) is 12.5 Å². The molecule has 0 spiro atoms. The van der Waals surface area contributed by atoms with E-state index in [-0.39, 0.29) is 0 Å². The minimum Gasteiger partial charge on any atom is -0.312 e. The van der Waals surface area contributed by atoms with Crippen molar-refractivity contribution in [3.63, 3.8) is 0 Å². The topological polar surface area (TPSA) is 12.0 Å². The quantitative estimate of drug-likeness (QED) is 0.647. The molecule has 0 unspecified atom stereocenters. The van der Waals surface area contributed by atoms with Gasteiger partial charge in [0, 0.05) is 5.54 Å². The molecule has 1 nitrogen and oxygen atoms in total. The van der Waals surface area contributed by atoms with Crippen LogP contribution in [0.1, 0.15) is 47.5 Å². The zero-order valence-electron chi connectivity index (χ0n) is 8.70. The molecule has 0 aliphatic heterocycles. The molecule has 68 valence electrons. The summed E-state index contributed by atoms with van der Waals surface area (Å²) in [5.74, 6) is 0.756. The van der Waals surface area contributed by atoms with Crippen LogP contribution in [0.25, 0.3) is 0 Å². The van der Waals surface area contributed by atoms with E-state index in [9.17, 15) is 0 Å². The first-order chi connectivity index (χ1) is 4.98. The second-order valence-corrected chi connectivity index (χ2v) is 4.41. The molecule has 1 N–H and O–H groups in total. The first kappa shape index (κ1) is 11.0. The lowest BCUT2D eigenvalue weighted by Crippen LogP contribution is -2.41. The molecule has 0 aromatic rings. The van der Waals surface area contributed by atoms with E-state index in [2.05, 4.69) is 39.9 Å². The van der Waals surface area contributed by atoms with Gasteiger partial charge in [0.05, 0.1) is 0 Å². The Morgan fingerprint density at radius 1 is 1.27 bits per heavy atom. The zero-order valence-corrected chi connectivity index (χ0v) is 8.70. The standard InChI is InChI=1S/C10H23N/c1-6-7-10(4,5)11-8-9(2)3/h9,11H,6-8H2,1-5H3. The van der Waals surface area contributed by atoms with E-state index in [1.165, 1.54) is 12.8 Å². The van der Waals surface area contributed by atoms with Gasteiger partial charge in [-0.25, -0.2) is 0 Å². The highest BCUT2D eigenvalue weighted by Crippen LogP contribution is 2.10. The summed E-state index contributed by atoms with van der Waals surface area (Å²) >= 11 is 0. The molecule has 0 amide bonds. The number of hydrogen-bond acceptors (Lipinski definition) is 1. The van der Waals surface area contributed by atoms with Gasteiger partial charge in [-0.05, 0) is 32.7 Å². The highest BCUT2D eigenvalue weighted by molar-refractivity contribution is 4.76. The molecule has 0 atom stereocenters. The van der Waals surface area contributed by atoms with Crippen LogP contribution in [-0.2, 0) is 0 Å². The average Bonchev–Trinajstić information content (AvgIpc) is 1.84. The Labute approximate surface area is 71.6 Å². The largest absolute Gasteiger partial charge is 0.312 e. The predicted octanol–water partition coefficient (Wildman–Crippen LogP) is 2.81. The summed E-state index contributed by atoms with van der Waals surface area (Å²) in [5, 5.41) is 3.56. The van der Waals surface area contributed by atoms with Crippen LogP contribution in [0.4, 0.5) is 0 Å². The Bertz CT molecular complexity index is 95.0. The van der Waals surface area contributed by atoms with Gasteiger partial charge in [0.25, 0.3) is 0 Å². The van der Waals surface area contributed by atoms with E-state index in [1.807, 2.05) is 0 Å². The van der Waals surface area contributed by atoms with Crippen LogP contribution < -0.4 is 5.32 Å². The van der Waals surface area contributed by atoms with Crippen molar-refractivity contribution < 1.29 is 0 Å². The van der Waals surface area contributed by atoms with Crippen LogP contribution in [0.3, 0.4) is 0 Å². The monoisotopic (exact) mass is 157 g/mol. The van der Waals surface area contributed by atoms with E-state index in [0.29, 0.717) is 5.54 Å². The van der Waals surface area contributed by atoms with Crippen LogP contribution in [0.15, 0.2) is 0 Å². The highest BCUT2D eigenvalue weighted by atomic mass is 14.9. The van der Waals surface area contributed by atoms with Crippen LogP contribution >= 0.6 is 0 Å². The molecule has 0 saturated heterocycles. The molecular weight excluding hydrogens is 134 g/mol. The molecule has 0 fully saturated rings. The normalized spacial score (nSPS) is 12.5. The second-order valence-electron chi connectivity index (χ2n) is 4.41. The Morgan fingerprint density at radius 2 is 1.82 bits per heavy atom. The van der Waals surface area contributed by atoms with E-state index in [4.69, 9.17) is 0 Å². The summed E-state index contributed by atoms with van der Waals surface area (Å²) in [6.07, 6.45) is 2.53. The summed E-state index contributed by atoms with van der Waals surface area (Å²) in [4.78, 5) is 0. The van der Waals surface area contributed by atoms with Gasteiger partial charge >= 0.3 is 0 Å². The molecule has 1 heteroatoms. The van der Waals surface area contributed by atoms with Crippen molar-refractivity contribution in [1.82, 2.24) is 5.32 Å². The zero-order chi connectivity index (χ0) is 8.91. The lowest BCUT2D eigenvalue weighted by Gasteiger charge is -2.26. The Hall–Kier alpha value is -0.0400. The number of nitrogens with one attached hydrogen (secondary N) is 1. The SMILES string of the molecule is CCCC(C)(C)NCC(C)C. The maximum Gasteiger partial charge on any atom is 0.0125 e. The van der Waals surface area contributed by atoms with E-state index >= 15 is 0 Å². The van der Waals surface area contributed by atoms with Gasteiger partial charge in [-0.3, -0.25) is 0 Å². The number of hydrogen-bond donors (Lipinski definition) is 1. The molecule has 0 aromatic carbocycles. The van der Waals surface area contributed by atoms with Crippen molar-refractivity contribution in [3.8, 4) is 0 Å². The summed E-state index contributed by atoms with van der Waals surface area (Å²) in [5.41, 5.74) is 0.332. The third-order valence-electron chi connectivity index (χ3n) is 1.86. The predicted molar refractivity (Wildman–Crippen MR) is 51.8 cm³/mol. The molecule has 0 saturated carbocycles. The fourth-order valence-corrected chi connectivity index (χ4v) is 1.19. The van der Waals surface area contributed by atoms with Crippen molar-refractivity contribution in [3.05, 3.63) is 0 Å². The molecular formula is C10H23N. The molecule has 0 aromatic heterocycles. The van der Waals surface area contributed by atoms with Gasteiger partial charge in [0.2, 0.25) is 0 Å². The molecule has 0 heterocycles. The third kappa shape index (κ3) is 6.36. The molecule has 0 bridgehead atoms. The summed E-state index contributed by atoms with van der Waals surface area (Å²) < 4.78 is 0. The van der Waals surface area contributed by atoms with Crippen molar-refractivity contribution in [1.29, 1.82) is 0 Å². The third-order valence-corrected chi connectivity index (χ3v) is 1.86. The molecule has 0 radical (unpaired) electrons. The van der Waals surface area contributed by atoms with E-state index in [1.54, 1.807) is 0 Å². The van der Waals surface area contributed by atoms with Gasteiger partial charge in [0.15, 0.2) is 0 Å². The Morgan fingerprint density at radius 3 is 2.18 bits per heavy atom.